The van der Waals surface area contributed by atoms with E-state index in [2.05, 4.69) is 5.16 Å². The van der Waals surface area contributed by atoms with Crippen LogP contribution >= 0.6 is 23.2 Å². The summed E-state index contributed by atoms with van der Waals surface area (Å²) in [6, 6.07) is 5.31. The lowest BCUT2D eigenvalue weighted by Crippen LogP contribution is -2.43. The van der Waals surface area contributed by atoms with Crippen molar-refractivity contribution >= 4 is 28.9 Å². The summed E-state index contributed by atoms with van der Waals surface area (Å²) >= 11 is 12.4. The molecule has 4 nitrogen and oxygen atoms in total. The Labute approximate surface area is 128 Å². The van der Waals surface area contributed by atoms with Crippen molar-refractivity contribution in [1.82, 2.24) is 0 Å². The van der Waals surface area contributed by atoms with Crippen molar-refractivity contribution in [3.8, 4) is 0 Å². The Hall–Kier alpha value is -0.810. The van der Waals surface area contributed by atoms with Crippen LogP contribution in [-0.4, -0.2) is 24.9 Å². The van der Waals surface area contributed by atoms with Crippen LogP contribution in [0.5, 0.6) is 0 Å². The lowest BCUT2D eigenvalue weighted by molar-refractivity contribution is -0.381. The molecule has 0 saturated carbocycles. The van der Waals surface area contributed by atoms with E-state index < -0.39 is 5.97 Å². The van der Waals surface area contributed by atoms with Crippen LogP contribution in [0.3, 0.4) is 0 Å². The van der Waals surface area contributed by atoms with Gasteiger partial charge in [-0.15, -0.1) is 0 Å². The van der Waals surface area contributed by atoms with Crippen molar-refractivity contribution in [2.75, 3.05) is 13.2 Å². The van der Waals surface area contributed by atoms with E-state index in [0.717, 1.165) is 0 Å². The number of hydrogen-bond donors (Lipinski definition) is 0. The zero-order valence-corrected chi connectivity index (χ0v) is 13.2. The fraction of sp³-hybridized carbons (Fsp3) is 0.500. The Kier molecular flexibility index (Phi) is 4.91. The maximum absolute atomic E-state index is 6.22. The zero-order valence-electron chi connectivity index (χ0n) is 11.7. The second-order valence-corrected chi connectivity index (χ2v) is 5.17. The van der Waals surface area contributed by atoms with Crippen molar-refractivity contribution < 1.29 is 14.3 Å². The maximum atomic E-state index is 6.22. The second kappa shape index (κ2) is 6.31. The minimum Gasteiger partial charge on any atom is -0.331 e. The molecule has 0 radical (unpaired) electrons. The van der Waals surface area contributed by atoms with Crippen LogP contribution in [0.2, 0.25) is 10.0 Å². The van der Waals surface area contributed by atoms with Gasteiger partial charge in [-0.05, 0) is 32.9 Å². The van der Waals surface area contributed by atoms with Crippen LogP contribution in [0.1, 0.15) is 26.3 Å². The van der Waals surface area contributed by atoms with E-state index in [4.69, 9.17) is 37.5 Å². The predicted octanol–water partition coefficient (Wildman–Crippen LogP) is 4.09. The lowest BCUT2D eigenvalue weighted by Gasteiger charge is -2.29. The smallest absolute Gasteiger partial charge is 0.331 e. The fourth-order valence-electron chi connectivity index (χ4n) is 2.19. The number of nitrogens with zero attached hydrogens (tertiary/aromatic N) is 1. The molecule has 1 aliphatic rings. The summed E-state index contributed by atoms with van der Waals surface area (Å²) < 4.78 is 11.3. The maximum Gasteiger partial charge on any atom is 0.358 e. The molecule has 1 aromatic carbocycles. The van der Waals surface area contributed by atoms with Crippen LogP contribution in [0.15, 0.2) is 23.4 Å². The van der Waals surface area contributed by atoms with Crippen molar-refractivity contribution in [3.05, 3.63) is 33.8 Å². The monoisotopic (exact) mass is 317 g/mol. The number of rotatable bonds is 5. The number of halogens is 2. The molecule has 6 heteroatoms. The molecule has 0 bridgehead atoms. The topological polar surface area (TPSA) is 40.0 Å². The van der Waals surface area contributed by atoms with E-state index >= 15 is 0 Å². The van der Waals surface area contributed by atoms with Gasteiger partial charge in [0, 0.05) is 5.56 Å². The number of oxime groups is 1. The Morgan fingerprint density at radius 2 is 1.75 bits per heavy atom. The van der Waals surface area contributed by atoms with Crippen LogP contribution in [0.4, 0.5) is 0 Å². The minimum atomic E-state index is -1.21. The standard InChI is InChI=1S/C14H17Cl2NO3/c1-4-18-14(19-5-2)9(3)13(17-20-14)12-10(15)7-6-8-11(12)16/h6-9H,4-5H2,1-3H3. The van der Waals surface area contributed by atoms with E-state index in [1.807, 2.05) is 20.8 Å². The first-order valence-electron chi connectivity index (χ1n) is 6.54. The van der Waals surface area contributed by atoms with Crippen LogP contribution < -0.4 is 0 Å². The highest BCUT2D eigenvalue weighted by atomic mass is 35.5. The molecule has 0 aliphatic carbocycles. The number of hydrogen-bond acceptors (Lipinski definition) is 4. The summed E-state index contributed by atoms with van der Waals surface area (Å²) in [6.45, 7) is 6.55. The van der Waals surface area contributed by atoms with Gasteiger partial charge in [0.2, 0.25) is 0 Å². The third kappa shape index (κ3) is 2.66. The van der Waals surface area contributed by atoms with Gasteiger partial charge >= 0.3 is 5.97 Å². The van der Waals surface area contributed by atoms with Crippen molar-refractivity contribution in [3.63, 3.8) is 0 Å². The Morgan fingerprint density at radius 1 is 1.20 bits per heavy atom. The van der Waals surface area contributed by atoms with E-state index in [0.29, 0.717) is 34.5 Å². The van der Waals surface area contributed by atoms with E-state index in [9.17, 15) is 0 Å². The molecule has 0 spiro atoms. The van der Waals surface area contributed by atoms with E-state index in [1.165, 1.54) is 0 Å². The van der Waals surface area contributed by atoms with Gasteiger partial charge in [-0.1, -0.05) is 34.4 Å². The quantitative estimate of drug-likeness (QED) is 0.768. The van der Waals surface area contributed by atoms with Gasteiger partial charge in [-0.3, -0.25) is 0 Å². The molecule has 0 saturated heterocycles. The number of benzene rings is 1. The minimum absolute atomic E-state index is 0.250. The highest BCUT2D eigenvalue weighted by Gasteiger charge is 2.50. The van der Waals surface area contributed by atoms with Gasteiger partial charge in [-0.2, -0.15) is 0 Å². The molecule has 0 fully saturated rings. The highest BCUT2D eigenvalue weighted by Crippen LogP contribution is 2.38. The first kappa shape index (κ1) is 15.6. The summed E-state index contributed by atoms with van der Waals surface area (Å²) in [5.41, 5.74) is 1.28. The molecule has 1 aliphatic heterocycles. The average Bonchev–Trinajstić information content (AvgIpc) is 2.69. The van der Waals surface area contributed by atoms with Crippen LogP contribution in [0, 0.1) is 5.92 Å². The van der Waals surface area contributed by atoms with Crippen molar-refractivity contribution in [2.45, 2.75) is 26.7 Å². The first-order chi connectivity index (χ1) is 9.55. The summed E-state index contributed by atoms with van der Waals surface area (Å²) in [7, 11) is 0. The van der Waals surface area contributed by atoms with Gasteiger partial charge < -0.3 is 14.3 Å². The molecule has 1 unspecified atom stereocenters. The largest absolute Gasteiger partial charge is 0.358 e. The first-order valence-corrected chi connectivity index (χ1v) is 7.29. The molecule has 0 N–H and O–H groups in total. The van der Waals surface area contributed by atoms with Crippen molar-refractivity contribution in [2.24, 2.45) is 11.1 Å². The Morgan fingerprint density at radius 3 is 2.25 bits per heavy atom. The second-order valence-electron chi connectivity index (χ2n) is 4.36. The molecule has 1 heterocycles. The predicted molar refractivity (Wildman–Crippen MR) is 79.2 cm³/mol. The van der Waals surface area contributed by atoms with E-state index in [1.54, 1.807) is 18.2 Å². The Bertz CT molecular complexity index is 493. The molecular weight excluding hydrogens is 301 g/mol. The third-order valence-corrected chi connectivity index (χ3v) is 3.75. The van der Waals surface area contributed by atoms with Crippen molar-refractivity contribution in [1.29, 1.82) is 0 Å². The molecule has 0 aromatic heterocycles. The fourth-order valence-corrected chi connectivity index (χ4v) is 2.78. The molecule has 2 rings (SSSR count). The van der Waals surface area contributed by atoms with Gasteiger partial charge in [-0.25, -0.2) is 0 Å². The molecule has 1 atom stereocenters. The summed E-state index contributed by atoms with van der Waals surface area (Å²) in [4.78, 5) is 5.44. The van der Waals surface area contributed by atoms with Gasteiger partial charge in [0.05, 0.1) is 29.2 Å². The molecule has 0 amide bonds. The molecule has 20 heavy (non-hydrogen) atoms. The normalized spacial score (nSPS) is 20.6. The summed E-state index contributed by atoms with van der Waals surface area (Å²) in [5, 5.41) is 5.14. The van der Waals surface area contributed by atoms with Gasteiger partial charge in [0.25, 0.3) is 0 Å². The van der Waals surface area contributed by atoms with Gasteiger partial charge in [0.1, 0.15) is 5.71 Å². The van der Waals surface area contributed by atoms with E-state index in [-0.39, 0.29) is 5.92 Å². The van der Waals surface area contributed by atoms with Gasteiger partial charge in [0.15, 0.2) is 0 Å². The average molecular weight is 318 g/mol. The Balaban J connectivity index is 2.37. The summed E-state index contributed by atoms with van der Waals surface area (Å²) in [6.07, 6.45) is 0. The SMILES string of the molecule is CCOC1(OCC)ON=C(c2c(Cl)cccc2Cl)C1C. The third-order valence-electron chi connectivity index (χ3n) is 3.12. The summed E-state index contributed by atoms with van der Waals surface area (Å²) in [5.74, 6) is -1.46. The molecule has 110 valence electrons. The molecular formula is C14H17Cl2NO3. The zero-order chi connectivity index (χ0) is 14.8. The lowest BCUT2D eigenvalue weighted by atomic mass is 9.96. The number of ether oxygens (including phenoxy) is 2. The van der Waals surface area contributed by atoms with Crippen LogP contribution in [-0.2, 0) is 14.3 Å². The highest BCUT2D eigenvalue weighted by molar-refractivity contribution is 6.40. The van der Waals surface area contributed by atoms with Crippen LogP contribution in [0.25, 0.3) is 0 Å². The molecule has 1 aromatic rings.